The highest BCUT2D eigenvalue weighted by molar-refractivity contribution is 6.30. The summed E-state index contributed by atoms with van der Waals surface area (Å²) in [5.41, 5.74) is 7.36. The zero-order valence-electron chi connectivity index (χ0n) is 10.8. The van der Waals surface area contributed by atoms with E-state index in [-0.39, 0.29) is 11.6 Å². The van der Waals surface area contributed by atoms with Crippen LogP contribution in [0.15, 0.2) is 18.2 Å². The second-order valence-electron chi connectivity index (χ2n) is 5.96. The number of halogens is 1. The van der Waals surface area contributed by atoms with Crippen LogP contribution in [0.2, 0.25) is 5.02 Å². The third-order valence-electron chi connectivity index (χ3n) is 4.48. The molecule has 1 aliphatic heterocycles. The average Bonchev–Trinajstić information content (AvgIpc) is 2.35. The lowest BCUT2D eigenvalue weighted by atomic mass is 9.74. The van der Waals surface area contributed by atoms with Crippen LogP contribution >= 0.6 is 11.6 Å². The van der Waals surface area contributed by atoms with Crippen LogP contribution in [0.25, 0.3) is 0 Å². The molecule has 1 saturated carbocycles. The van der Waals surface area contributed by atoms with Crippen molar-refractivity contribution in [2.75, 3.05) is 0 Å². The van der Waals surface area contributed by atoms with Crippen molar-refractivity contribution >= 4 is 11.6 Å². The van der Waals surface area contributed by atoms with Crippen LogP contribution in [0.3, 0.4) is 0 Å². The normalized spacial score (nSPS) is 35.1. The van der Waals surface area contributed by atoms with Crippen LogP contribution in [-0.2, 0) is 0 Å². The van der Waals surface area contributed by atoms with Gasteiger partial charge in [-0.15, -0.1) is 0 Å². The monoisotopic (exact) mass is 265 g/mol. The van der Waals surface area contributed by atoms with Crippen molar-refractivity contribution in [3.05, 3.63) is 28.8 Å². The lowest BCUT2D eigenvalue weighted by Crippen LogP contribution is -2.45. The summed E-state index contributed by atoms with van der Waals surface area (Å²) < 4.78 is 6.30. The maximum atomic E-state index is 6.32. The van der Waals surface area contributed by atoms with Gasteiger partial charge in [0, 0.05) is 23.0 Å². The second-order valence-corrected chi connectivity index (χ2v) is 6.40. The van der Waals surface area contributed by atoms with Gasteiger partial charge in [-0.3, -0.25) is 0 Å². The molecule has 0 bridgehead atoms. The highest BCUT2D eigenvalue weighted by Gasteiger charge is 2.41. The van der Waals surface area contributed by atoms with E-state index in [1.165, 1.54) is 12.8 Å². The van der Waals surface area contributed by atoms with Crippen LogP contribution in [0.1, 0.15) is 50.6 Å². The van der Waals surface area contributed by atoms with Crippen molar-refractivity contribution in [3.63, 3.8) is 0 Å². The Labute approximate surface area is 113 Å². The van der Waals surface area contributed by atoms with Gasteiger partial charge in [-0.1, -0.05) is 18.5 Å². The van der Waals surface area contributed by atoms with Crippen molar-refractivity contribution in [3.8, 4) is 5.75 Å². The first kappa shape index (κ1) is 12.3. The zero-order chi connectivity index (χ0) is 12.8. The van der Waals surface area contributed by atoms with Crippen molar-refractivity contribution in [1.82, 2.24) is 0 Å². The van der Waals surface area contributed by atoms with Gasteiger partial charge in [-0.05, 0) is 49.8 Å². The highest BCUT2D eigenvalue weighted by atomic mass is 35.5. The maximum Gasteiger partial charge on any atom is 0.125 e. The van der Waals surface area contributed by atoms with E-state index in [0.717, 1.165) is 41.5 Å². The summed E-state index contributed by atoms with van der Waals surface area (Å²) in [6, 6.07) is 5.86. The van der Waals surface area contributed by atoms with Gasteiger partial charge in [0.25, 0.3) is 0 Å². The van der Waals surface area contributed by atoms with Gasteiger partial charge in [0.2, 0.25) is 0 Å². The molecule has 0 saturated heterocycles. The molecule has 1 aliphatic carbocycles. The summed E-state index contributed by atoms with van der Waals surface area (Å²) in [6.07, 6.45) is 5.67. The second kappa shape index (κ2) is 4.43. The average molecular weight is 266 g/mol. The van der Waals surface area contributed by atoms with E-state index in [1.807, 2.05) is 18.2 Å². The Morgan fingerprint density at radius 1 is 1.33 bits per heavy atom. The molecule has 1 heterocycles. The Bertz CT molecular complexity index is 452. The van der Waals surface area contributed by atoms with Gasteiger partial charge < -0.3 is 10.5 Å². The number of ether oxygens (including phenoxy) is 1. The first-order chi connectivity index (χ1) is 8.58. The summed E-state index contributed by atoms with van der Waals surface area (Å²) in [5, 5.41) is 0.737. The molecule has 18 heavy (non-hydrogen) atoms. The van der Waals surface area contributed by atoms with E-state index in [1.54, 1.807) is 0 Å². The van der Waals surface area contributed by atoms with Crippen LogP contribution < -0.4 is 10.5 Å². The SMILES string of the molecule is CC1CCC2(CC1)C[C@H](N)c1cc(Cl)ccc1O2. The molecule has 3 heteroatoms. The Morgan fingerprint density at radius 3 is 2.78 bits per heavy atom. The third kappa shape index (κ3) is 2.12. The molecular weight excluding hydrogens is 246 g/mol. The Kier molecular flexibility index (Phi) is 3.03. The van der Waals surface area contributed by atoms with Gasteiger partial charge in [0.05, 0.1) is 0 Å². The number of hydrogen-bond acceptors (Lipinski definition) is 2. The van der Waals surface area contributed by atoms with Crippen molar-refractivity contribution in [2.45, 2.75) is 50.7 Å². The van der Waals surface area contributed by atoms with E-state index in [4.69, 9.17) is 22.1 Å². The van der Waals surface area contributed by atoms with Crippen LogP contribution in [0, 0.1) is 5.92 Å². The molecule has 1 atom stereocenters. The highest BCUT2D eigenvalue weighted by Crippen LogP contribution is 2.46. The molecule has 2 N–H and O–H groups in total. The van der Waals surface area contributed by atoms with Crippen LogP contribution in [-0.4, -0.2) is 5.60 Å². The van der Waals surface area contributed by atoms with E-state index in [9.17, 15) is 0 Å². The largest absolute Gasteiger partial charge is 0.487 e. The number of hydrogen-bond donors (Lipinski definition) is 1. The molecule has 3 rings (SSSR count). The summed E-state index contributed by atoms with van der Waals surface area (Å²) in [5.74, 6) is 1.76. The lowest BCUT2D eigenvalue weighted by molar-refractivity contribution is -0.00851. The van der Waals surface area contributed by atoms with Crippen LogP contribution in [0.5, 0.6) is 5.75 Å². The van der Waals surface area contributed by atoms with Gasteiger partial charge in [-0.25, -0.2) is 0 Å². The first-order valence-corrected chi connectivity index (χ1v) is 7.20. The number of fused-ring (bicyclic) bond motifs is 1. The Hall–Kier alpha value is -0.730. The predicted octanol–water partition coefficient (Wildman–Crippen LogP) is 4.07. The minimum atomic E-state index is -0.0211. The number of benzene rings is 1. The van der Waals surface area contributed by atoms with Gasteiger partial charge in [0.15, 0.2) is 0 Å². The Morgan fingerprint density at radius 2 is 2.06 bits per heavy atom. The topological polar surface area (TPSA) is 35.2 Å². The van der Waals surface area contributed by atoms with Crippen molar-refractivity contribution in [1.29, 1.82) is 0 Å². The van der Waals surface area contributed by atoms with Gasteiger partial charge >= 0.3 is 0 Å². The fraction of sp³-hybridized carbons (Fsp3) is 0.600. The molecule has 0 radical (unpaired) electrons. The van der Waals surface area contributed by atoms with Crippen molar-refractivity contribution < 1.29 is 4.74 Å². The number of rotatable bonds is 0. The van der Waals surface area contributed by atoms with Gasteiger partial charge in [0.1, 0.15) is 11.4 Å². The zero-order valence-corrected chi connectivity index (χ0v) is 11.5. The summed E-state index contributed by atoms with van der Waals surface area (Å²) in [7, 11) is 0. The summed E-state index contributed by atoms with van der Waals surface area (Å²) in [4.78, 5) is 0. The molecule has 0 unspecified atom stereocenters. The van der Waals surface area contributed by atoms with Crippen LogP contribution in [0.4, 0.5) is 0 Å². The van der Waals surface area contributed by atoms with Gasteiger partial charge in [-0.2, -0.15) is 0 Å². The smallest absolute Gasteiger partial charge is 0.125 e. The Balaban J connectivity index is 1.89. The van der Waals surface area contributed by atoms with E-state index in [2.05, 4.69) is 6.92 Å². The maximum absolute atomic E-state index is 6.32. The van der Waals surface area contributed by atoms with E-state index >= 15 is 0 Å². The molecule has 2 aliphatic rings. The molecule has 1 aromatic carbocycles. The molecule has 1 fully saturated rings. The fourth-order valence-corrected chi connectivity index (χ4v) is 3.46. The minimum Gasteiger partial charge on any atom is -0.487 e. The molecule has 2 nitrogen and oxygen atoms in total. The molecule has 1 aromatic rings. The van der Waals surface area contributed by atoms with Crippen molar-refractivity contribution in [2.24, 2.45) is 11.7 Å². The summed E-state index contributed by atoms with van der Waals surface area (Å²) in [6.45, 7) is 2.32. The fourth-order valence-electron chi connectivity index (χ4n) is 3.28. The number of nitrogens with two attached hydrogens (primary N) is 1. The standard InChI is InChI=1S/C15H20ClNO/c1-10-4-6-15(7-5-10)9-13(17)12-8-11(16)2-3-14(12)18-15/h2-3,8,10,13H,4-7,9,17H2,1H3/t10?,13-,15?/m0/s1. The third-order valence-corrected chi connectivity index (χ3v) is 4.71. The molecule has 98 valence electrons. The van der Waals surface area contributed by atoms with E-state index in [0.29, 0.717) is 0 Å². The lowest BCUT2D eigenvalue weighted by Gasteiger charge is -2.45. The predicted molar refractivity (Wildman–Crippen MR) is 74.0 cm³/mol. The first-order valence-electron chi connectivity index (χ1n) is 6.82. The molecule has 0 amide bonds. The summed E-state index contributed by atoms with van der Waals surface area (Å²) >= 11 is 6.03. The molecule has 0 aromatic heterocycles. The molecule has 1 spiro atoms. The van der Waals surface area contributed by atoms with E-state index < -0.39 is 0 Å². The molecular formula is C15H20ClNO. The quantitative estimate of drug-likeness (QED) is 0.767. The minimum absolute atomic E-state index is 0.0211.